The van der Waals surface area contributed by atoms with Crippen molar-refractivity contribution in [2.75, 3.05) is 19.7 Å². The van der Waals surface area contributed by atoms with E-state index in [0.717, 1.165) is 47.9 Å². The van der Waals surface area contributed by atoms with Crippen LogP contribution in [0.25, 0.3) is 0 Å². The van der Waals surface area contributed by atoms with E-state index in [0.29, 0.717) is 11.5 Å². The molecule has 6 nitrogen and oxygen atoms in total. The Bertz CT molecular complexity index is 1120. The Morgan fingerprint density at radius 1 is 1.12 bits per heavy atom. The second kappa shape index (κ2) is 10.1. The number of hydrogen-bond acceptors (Lipinski definition) is 6. The Morgan fingerprint density at radius 2 is 1.74 bits per heavy atom. The summed E-state index contributed by atoms with van der Waals surface area (Å²) in [5.74, 6) is 0. The predicted molar refractivity (Wildman–Crippen MR) is 134 cm³/mol. The van der Waals surface area contributed by atoms with E-state index in [1.165, 1.54) is 0 Å². The molecule has 3 aromatic rings. The van der Waals surface area contributed by atoms with Crippen LogP contribution < -0.4 is 0 Å². The second-order valence-electron chi connectivity index (χ2n) is 9.10. The van der Waals surface area contributed by atoms with E-state index in [9.17, 15) is 4.79 Å². The van der Waals surface area contributed by atoms with Crippen molar-refractivity contribution in [2.24, 2.45) is 4.99 Å². The van der Waals surface area contributed by atoms with Gasteiger partial charge in [0.25, 0.3) is 6.47 Å². The SMILES string of the molecule is CC(C)(C)OC=O.Clc1cc(N=C(c2ccccc2)c2ccccc2)cnc1C12CN1CCO2. The highest BCUT2D eigenvalue weighted by Crippen LogP contribution is 2.48. The Labute approximate surface area is 205 Å². The molecular formula is C27H28ClN3O3. The molecule has 0 bridgehead atoms. The van der Waals surface area contributed by atoms with Gasteiger partial charge in [-0.2, -0.15) is 0 Å². The lowest BCUT2D eigenvalue weighted by molar-refractivity contribution is -0.138. The third-order valence-electron chi connectivity index (χ3n) is 5.45. The summed E-state index contributed by atoms with van der Waals surface area (Å²) in [6.45, 7) is 8.44. The van der Waals surface area contributed by atoms with E-state index in [-0.39, 0.29) is 5.60 Å². The first-order valence-corrected chi connectivity index (χ1v) is 11.6. The Balaban J connectivity index is 0.000000344. The lowest BCUT2D eigenvalue weighted by Crippen LogP contribution is -2.17. The van der Waals surface area contributed by atoms with Crippen molar-refractivity contribution in [3.05, 3.63) is 94.8 Å². The molecule has 0 aliphatic carbocycles. The van der Waals surface area contributed by atoms with Crippen molar-refractivity contribution < 1.29 is 14.3 Å². The van der Waals surface area contributed by atoms with Crippen LogP contribution in [0.5, 0.6) is 0 Å². The van der Waals surface area contributed by atoms with Gasteiger partial charge in [-0.25, -0.2) is 4.99 Å². The lowest BCUT2D eigenvalue weighted by atomic mass is 10.0. The number of ether oxygens (including phenoxy) is 2. The molecule has 2 saturated heterocycles. The number of halogens is 1. The summed E-state index contributed by atoms with van der Waals surface area (Å²) in [6.07, 6.45) is 1.78. The summed E-state index contributed by atoms with van der Waals surface area (Å²) in [7, 11) is 0. The van der Waals surface area contributed by atoms with Crippen LogP contribution in [0, 0.1) is 0 Å². The summed E-state index contributed by atoms with van der Waals surface area (Å²) in [4.78, 5) is 21.3. The fraction of sp³-hybridized carbons (Fsp3) is 0.296. The van der Waals surface area contributed by atoms with Gasteiger partial charge in [0.15, 0.2) is 5.72 Å². The van der Waals surface area contributed by atoms with Crippen molar-refractivity contribution >= 4 is 29.5 Å². The molecule has 2 aliphatic heterocycles. The summed E-state index contributed by atoms with van der Waals surface area (Å²) >= 11 is 6.56. The Kier molecular flexibility index (Phi) is 7.12. The maximum absolute atomic E-state index is 9.60. The standard InChI is InChI=1S/C22H18ClN3O.C5H10O2/c23-19-13-18(14-24-21(19)22-15-26(22)11-12-27-22)25-20(16-7-3-1-4-8-16)17-9-5-2-6-10-17;1-5(2,3)7-4-6/h1-10,13-14H,11-12,15H2;4H,1-3H3. The number of carbonyl (C=O) groups excluding carboxylic acids is 1. The molecular weight excluding hydrogens is 450 g/mol. The van der Waals surface area contributed by atoms with Crippen LogP contribution in [-0.2, 0) is 20.0 Å². The molecule has 0 spiro atoms. The Morgan fingerprint density at radius 3 is 2.15 bits per heavy atom. The van der Waals surface area contributed by atoms with Crippen molar-refractivity contribution in [1.82, 2.24) is 9.88 Å². The highest BCUT2D eigenvalue weighted by Gasteiger charge is 2.60. The fourth-order valence-corrected chi connectivity index (χ4v) is 4.08. The van der Waals surface area contributed by atoms with Crippen LogP contribution in [0.4, 0.5) is 5.69 Å². The minimum atomic E-state index is -0.402. The van der Waals surface area contributed by atoms with Gasteiger partial charge in [-0.1, -0.05) is 72.3 Å². The number of pyridine rings is 1. The number of morpholine rings is 1. The third kappa shape index (κ3) is 5.53. The zero-order chi connectivity index (χ0) is 24.2. The number of rotatable bonds is 5. The van der Waals surface area contributed by atoms with Gasteiger partial charge < -0.3 is 9.47 Å². The van der Waals surface area contributed by atoms with E-state index in [1.54, 1.807) is 6.20 Å². The molecule has 2 unspecified atom stereocenters. The van der Waals surface area contributed by atoms with Crippen molar-refractivity contribution in [3.63, 3.8) is 0 Å². The normalized spacial score (nSPS) is 20.4. The van der Waals surface area contributed by atoms with Gasteiger partial charge in [-0.05, 0) is 26.8 Å². The van der Waals surface area contributed by atoms with Gasteiger partial charge in [0.1, 0.15) is 11.3 Å². The smallest absolute Gasteiger partial charge is 0.293 e. The van der Waals surface area contributed by atoms with Crippen LogP contribution in [0.15, 0.2) is 77.9 Å². The van der Waals surface area contributed by atoms with Gasteiger partial charge >= 0.3 is 0 Å². The molecule has 34 heavy (non-hydrogen) atoms. The molecule has 2 aliphatic rings. The Hall–Kier alpha value is -3.06. The van der Waals surface area contributed by atoms with E-state index >= 15 is 0 Å². The van der Waals surface area contributed by atoms with Crippen LogP contribution in [-0.4, -0.2) is 47.4 Å². The van der Waals surface area contributed by atoms with Gasteiger partial charge in [0.2, 0.25) is 0 Å². The third-order valence-corrected chi connectivity index (χ3v) is 5.74. The summed E-state index contributed by atoms with van der Waals surface area (Å²) < 4.78 is 10.4. The average Bonchev–Trinajstić information content (AvgIpc) is 3.37. The van der Waals surface area contributed by atoms with E-state index in [4.69, 9.17) is 21.3 Å². The second-order valence-corrected chi connectivity index (χ2v) is 9.50. The zero-order valence-electron chi connectivity index (χ0n) is 19.6. The first-order chi connectivity index (χ1) is 16.3. The average molecular weight is 478 g/mol. The monoisotopic (exact) mass is 477 g/mol. The number of nitrogens with zero attached hydrogens (tertiary/aromatic N) is 3. The minimum Gasteiger partial charge on any atom is -0.462 e. The quantitative estimate of drug-likeness (QED) is 0.281. The van der Waals surface area contributed by atoms with E-state index in [2.05, 4.69) is 38.9 Å². The van der Waals surface area contributed by atoms with Gasteiger partial charge in [-0.15, -0.1) is 0 Å². The molecule has 176 valence electrons. The first-order valence-electron chi connectivity index (χ1n) is 11.2. The molecule has 1 aromatic heterocycles. The van der Waals surface area contributed by atoms with Crippen LogP contribution in [0.2, 0.25) is 5.02 Å². The molecule has 0 radical (unpaired) electrons. The highest BCUT2D eigenvalue weighted by molar-refractivity contribution is 6.31. The molecule has 2 fully saturated rings. The first kappa shape index (κ1) is 24.1. The topological polar surface area (TPSA) is 63.8 Å². The number of aromatic nitrogens is 1. The van der Waals surface area contributed by atoms with Crippen LogP contribution >= 0.6 is 11.6 Å². The molecule has 0 saturated carbocycles. The molecule has 5 rings (SSSR count). The van der Waals surface area contributed by atoms with Gasteiger partial charge in [0, 0.05) is 17.7 Å². The zero-order valence-corrected chi connectivity index (χ0v) is 20.3. The molecule has 2 aromatic carbocycles. The molecule has 0 N–H and O–H groups in total. The molecule has 7 heteroatoms. The van der Waals surface area contributed by atoms with Crippen molar-refractivity contribution in [3.8, 4) is 0 Å². The number of fused-ring (bicyclic) bond motifs is 1. The highest BCUT2D eigenvalue weighted by atomic mass is 35.5. The molecule has 0 amide bonds. The maximum atomic E-state index is 9.60. The minimum absolute atomic E-state index is 0.318. The molecule has 3 heterocycles. The maximum Gasteiger partial charge on any atom is 0.293 e. The number of carbonyl (C=O) groups is 1. The number of aliphatic imine (C=N–C) groups is 1. The summed E-state index contributed by atoms with van der Waals surface area (Å²) in [5, 5.41) is 0.598. The van der Waals surface area contributed by atoms with Gasteiger partial charge in [-0.3, -0.25) is 14.7 Å². The van der Waals surface area contributed by atoms with Crippen LogP contribution in [0.3, 0.4) is 0 Å². The van der Waals surface area contributed by atoms with Crippen molar-refractivity contribution in [1.29, 1.82) is 0 Å². The van der Waals surface area contributed by atoms with E-state index < -0.39 is 5.72 Å². The number of hydrogen-bond donors (Lipinski definition) is 0. The van der Waals surface area contributed by atoms with Crippen molar-refractivity contribution in [2.45, 2.75) is 32.1 Å². The lowest BCUT2D eigenvalue weighted by Gasteiger charge is -2.14. The summed E-state index contributed by atoms with van der Waals surface area (Å²) in [6, 6.07) is 22.2. The number of benzene rings is 2. The summed E-state index contributed by atoms with van der Waals surface area (Å²) in [5.41, 5.74) is 3.80. The van der Waals surface area contributed by atoms with Crippen LogP contribution in [0.1, 0.15) is 37.6 Å². The van der Waals surface area contributed by atoms with Gasteiger partial charge in [0.05, 0.1) is 35.8 Å². The largest absolute Gasteiger partial charge is 0.462 e. The molecule has 2 atom stereocenters. The predicted octanol–water partition coefficient (Wildman–Crippen LogP) is 5.36. The van der Waals surface area contributed by atoms with E-state index in [1.807, 2.05) is 63.2 Å². The fourth-order valence-electron chi connectivity index (χ4n) is 3.78.